The monoisotopic (exact) mass is 786 g/mol. The number of hydrogen-bond donors (Lipinski definition) is 8. The lowest BCUT2D eigenvalue weighted by atomic mass is 9.43. The summed E-state index contributed by atoms with van der Waals surface area (Å²) in [5.41, 5.74) is -0.675. The van der Waals surface area contributed by atoms with Gasteiger partial charge >= 0.3 is 5.97 Å². The fourth-order valence-corrected chi connectivity index (χ4v) is 12.4. The molecule has 0 spiro atoms. The first-order chi connectivity index (χ1) is 25.8. The fourth-order valence-electron chi connectivity index (χ4n) is 12.4. The van der Waals surface area contributed by atoms with E-state index in [9.17, 15) is 45.6 Å². The maximum absolute atomic E-state index is 11.7. The molecule has 4 aliphatic carbocycles. The molecule has 0 aromatic rings. The summed E-state index contributed by atoms with van der Waals surface area (Å²) in [6, 6.07) is 0. The maximum Gasteiger partial charge on any atom is 0.302 e. The molecule has 0 bridgehead atoms. The highest BCUT2D eigenvalue weighted by molar-refractivity contribution is 5.65. The van der Waals surface area contributed by atoms with Crippen LogP contribution in [0.1, 0.15) is 106 Å². The summed E-state index contributed by atoms with van der Waals surface area (Å²) in [5, 5.41) is 87.4. The van der Waals surface area contributed by atoms with E-state index in [-0.39, 0.29) is 47.5 Å². The van der Waals surface area contributed by atoms with E-state index in [4.69, 9.17) is 23.7 Å². The second-order valence-corrected chi connectivity index (χ2v) is 19.1. The molecule has 6 fully saturated rings. The molecule has 22 atom stereocenters. The van der Waals surface area contributed by atoms with Gasteiger partial charge in [-0.15, -0.1) is 0 Å². The van der Waals surface area contributed by atoms with Crippen molar-refractivity contribution < 1.29 is 69.3 Å². The number of esters is 1. The Morgan fingerprint density at radius 2 is 1.44 bits per heavy atom. The molecule has 6 aliphatic rings. The van der Waals surface area contributed by atoms with Gasteiger partial charge in [-0.1, -0.05) is 34.6 Å². The first-order valence-corrected chi connectivity index (χ1v) is 21.0. The van der Waals surface area contributed by atoms with E-state index in [1.165, 1.54) is 6.92 Å². The van der Waals surface area contributed by atoms with Crippen molar-refractivity contribution in [2.75, 3.05) is 6.61 Å². The third kappa shape index (κ3) is 8.15. The van der Waals surface area contributed by atoms with Crippen LogP contribution in [-0.4, -0.2) is 139 Å². The smallest absolute Gasteiger partial charge is 0.302 e. The lowest BCUT2D eigenvalue weighted by Crippen LogP contribution is -2.63. The predicted molar refractivity (Wildman–Crippen MR) is 197 cm³/mol. The number of hydrogen-bond acceptors (Lipinski definition) is 14. The van der Waals surface area contributed by atoms with Crippen LogP contribution in [0.4, 0.5) is 0 Å². The molecule has 8 N–H and O–H groups in total. The number of aliphatic hydroxyl groups excluding tert-OH is 8. The molecule has 2 aliphatic heterocycles. The number of ether oxygens (including phenoxy) is 5. The summed E-state index contributed by atoms with van der Waals surface area (Å²) in [5.74, 6) is 0.226. The minimum atomic E-state index is -1.59. The van der Waals surface area contributed by atoms with Crippen LogP contribution in [0.3, 0.4) is 0 Å². The zero-order valence-corrected chi connectivity index (χ0v) is 33.7. The van der Waals surface area contributed by atoms with Crippen LogP contribution in [0.15, 0.2) is 0 Å². The molecule has 14 nitrogen and oxygen atoms in total. The molecule has 55 heavy (non-hydrogen) atoms. The van der Waals surface area contributed by atoms with Crippen molar-refractivity contribution in [3.8, 4) is 0 Å². The van der Waals surface area contributed by atoms with Gasteiger partial charge in [-0.05, 0) is 111 Å². The second-order valence-electron chi connectivity index (χ2n) is 19.1. The van der Waals surface area contributed by atoms with Crippen molar-refractivity contribution in [1.82, 2.24) is 0 Å². The first-order valence-electron chi connectivity index (χ1n) is 21.0. The van der Waals surface area contributed by atoms with Gasteiger partial charge in [0.05, 0.1) is 30.5 Å². The van der Waals surface area contributed by atoms with E-state index in [0.29, 0.717) is 31.6 Å². The average molecular weight is 787 g/mol. The molecule has 4 saturated carbocycles. The zero-order chi connectivity index (χ0) is 40.3. The van der Waals surface area contributed by atoms with Gasteiger partial charge in [0.25, 0.3) is 0 Å². The van der Waals surface area contributed by atoms with E-state index < -0.39 is 97.2 Å². The highest BCUT2D eigenvalue weighted by Crippen LogP contribution is 2.69. The van der Waals surface area contributed by atoms with Gasteiger partial charge in [0, 0.05) is 13.3 Å². The van der Waals surface area contributed by atoms with Crippen LogP contribution < -0.4 is 0 Å². The Hall–Kier alpha value is -1.01. The Morgan fingerprint density at radius 3 is 2.09 bits per heavy atom. The third-order valence-corrected chi connectivity index (χ3v) is 15.5. The fraction of sp³-hybridized carbons (Fsp3) is 0.976. The lowest BCUT2D eigenvalue weighted by Gasteiger charge is -2.63. The first kappa shape index (κ1) is 43.6. The van der Waals surface area contributed by atoms with E-state index >= 15 is 0 Å². The van der Waals surface area contributed by atoms with Gasteiger partial charge in [0.2, 0.25) is 0 Å². The van der Waals surface area contributed by atoms with E-state index in [0.717, 1.165) is 32.1 Å². The summed E-state index contributed by atoms with van der Waals surface area (Å²) in [6.07, 6.45) is -8.71. The van der Waals surface area contributed by atoms with Crippen LogP contribution in [0.2, 0.25) is 0 Å². The minimum Gasteiger partial charge on any atom is -0.463 e. The number of fused-ring (bicyclic) bond motifs is 5. The summed E-state index contributed by atoms with van der Waals surface area (Å²) in [6.45, 7) is 13.5. The van der Waals surface area contributed by atoms with Crippen LogP contribution >= 0.6 is 0 Å². The molecular formula is C41H70O14. The Morgan fingerprint density at radius 1 is 0.782 bits per heavy atom. The summed E-state index contributed by atoms with van der Waals surface area (Å²) in [4.78, 5) is 11.6. The number of carbonyl (C=O) groups is 1. The average Bonchev–Trinajstić information content (AvgIpc) is 3.43. The van der Waals surface area contributed by atoms with Crippen molar-refractivity contribution >= 4 is 5.97 Å². The van der Waals surface area contributed by atoms with Gasteiger partial charge in [0.1, 0.15) is 49.3 Å². The number of rotatable bonds is 11. The van der Waals surface area contributed by atoms with Gasteiger partial charge in [-0.25, -0.2) is 0 Å². The van der Waals surface area contributed by atoms with Crippen LogP contribution in [0.25, 0.3) is 0 Å². The topological polar surface area (TPSA) is 225 Å². The van der Waals surface area contributed by atoms with E-state index in [1.54, 1.807) is 6.92 Å². The molecule has 0 aromatic carbocycles. The molecule has 0 radical (unpaired) electrons. The summed E-state index contributed by atoms with van der Waals surface area (Å²) < 4.78 is 30.4. The SMILES string of the molecule is CC(=O)OCC1OC(OC2CC3C4CCC5CC(O)CC(OC6OC(C)C(O)C(O)C6O)C5(C)C4CCC3(C)C2C(C)C(O)CCC(C)C)C(O)C(O)C1O. The summed E-state index contributed by atoms with van der Waals surface area (Å²) in [7, 11) is 0. The quantitative estimate of drug-likeness (QED) is 0.140. The van der Waals surface area contributed by atoms with E-state index in [2.05, 4.69) is 34.6 Å². The Kier molecular flexibility index (Phi) is 13.4. The van der Waals surface area contributed by atoms with E-state index in [1.807, 2.05) is 0 Å². The van der Waals surface area contributed by atoms with Crippen molar-refractivity contribution in [2.24, 2.45) is 52.3 Å². The Labute approximate surface area is 325 Å². The molecule has 2 saturated heterocycles. The molecule has 318 valence electrons. The summed E-state index contributed by atoms with van der Waals surface area (Å²) >= 11 is 0. The normalized spacial score (nSPS) is 51.1. The molecular weight excluding hydrogens is 716 g/mol. The molecule has 14 heteroatoms. The van der Waals surface area contributed by atoms with Gasteiger partial charge in [-0.2, -0.15) is 0 Å². The molecule has 22 unspecified atom stereocenters. The molecule has 0 aromatic heterocycles. The molecule has 6 rings (SSSR count). The standard InChI is InChI=1S/C41H70O14/c1-18(2)8-11-27(44)19(3)31-28(53-39-37(50)35(48)33(46)29(54-39)17-51-21(5)42)16-26-24-10-9-22-14-23(43)15-30(41(22,7)25(24)12-13-40(26,31)6)55-38-36(49)34(47)32(45)20(4)52-38/h18-20,22-39,43-50H,8-17H2,1-7H3. The Balaban J connectivity index is 1.29. The van der Waals surface area contributed by atoms with Gasteiger partial charge in [-0.3, -0.25) is 4.79 Å². The maximum atomic E-state index is 11.7. The van der Waals surface area contributed by atoms with Gasteiger partial charge < -0.3 is 64.5 Å². The van der Waals surface area contributed by atoms with Crippen LogP contribution in [0, 0.1) is 52.3 Å². The lowest BCUT2D eigenvalue weighted by molar-refractivity contribution is -0.328. The van der Waals surface area contributed by atoms with Crippen LogP contribution in [0.5, 0.6) is 0 Å². The molecule has 0 amide bonds. The van der Waals surface area contributed by atoms with Crippen molar-refractivity contribution in [2.45, 2.75) is 192 Å². The predicted octanol–water partition coefficient (Wildman–Crippen LogP) is 1.63. The third-order valence-electron chi connectivity index (χ3n) is 15.5. The van der Waals surface area contributed by atoms with Crippen LogP contribution in [-0.2, 0) is 28.5 Å². The highest BCUT2D eigenvalue weighted by atomic mass is 16.7. The second kappa shape index (κ2) is 16.9. The minimum absolute atomic E-state index is 0.140. The molecule has 2 heterocycles. The highest BCUT2D eigenvalue weighted by Gasteiger charge is 2.66. The number of carbonyl (C=O) groups excluding carboxylic acids is 1. The largest absolute Gasteiger partial charge is 0.463 e. The van der Waals surface area contributed by atoms with Crippen molar-refractivity contribution in [3.63, 3.8) is 0 Å². The number of aliphatic hydroxyl groups is 8. The van der Waals surface area contributed by atoms with Gasteiger partial charge in [0.15, 0.2) is 12.6 Å². The zero-order valence-electron chi connectivity index (χ0n) is 33.7. The van der Waals surface area contributed by atoms with Crippen molar-refractivity contribution in [3.05, 3.63) is 0 Å². The Bertz CT molecular complexity index is 1300. The van der Waals surface area contributed by atoms with Crippen molar-refractivity contribution in [1.29, 1.82) is 0 Å².